The number of anilines is 1. The van der Waals surface area contributed by atoms with Gasteiger partial charge in [0, 0.05) is 30.2 Å². The number of pyridine rings is 1. The van der Waals surface area contributed by atoms with Crippen LogP contribution in [0.4, 0.5) is 5.82 Å². The zero-order valence-electron chi connectivity index (χ0n) is 19.8. The molecule has 0 amide bonds. The molecule has 0 aromatic carbocycles. The first-order valence-electron chi connectivity index (χ1n) is 11.7. The summed E-state index contributed by atoms with van der Waals surface area (Å²) in [5.74, 6) is 1.59. The van der Waals surface area contributed by atoms with Gasteiger partial charge in [0.1, 0.15) is 11.6 Å². The van der Waals surface area contributed by atoms with Crippen molar-refractivity contribution in [1.82, 2.24) is 15.2 Å². The Morgan fingerprint density at radius 2 is 2.12 bits per heavy atom. The fourth-order valence-electron chi connectivity index (χ4n) is 4.22. The molecule has 2 aliphatic rings. The first-order valence-corrected chi connectivity index (χ1v) is 11.7. The highest BCUT2D eigenvalue weighted by molar-refractivity contribution is 5.43. The minimum atomic E-state index is 0.313. The fraction of sp³-hybridized carbons (Fsp3) is 0.321. The molecule has 0 saturated heterocycles. The van der Waals surface area contributed by atoms with Gasteiger partial charge in [-0.15, -0.1) is 0 Å². The van der Waals surface area contributed by atoms with E-state index in [4.69, 9.17) is 5.73 Å². The van der Waals surface area contributed by atoms with Crippen molar-refractivity contribution in [3.05, 3.63) is 108 Å². The molecule has 3 rings (SSSR count). The molecular formula is C28H37N5. The Bertz CT molecular complexity index is 981. The van der Waals surface area contributed by atoms with E-state index in [2.05, 4.69) is 77.6 Å². The van der Waals surface area contributed by atoms with Gasteiger partial charge in [-0.05, 0) is 74.4 Å². The summed E-state index contributed by atoms with van der Waals surface area (Å²) >= 11 is 0. The molecule has 0 saturated carbocycles. The summed E-state index contributed by atoms with van der Waals surface area (Å²) in [6.07, 6.45) is 17.8. The van der Waals surface area contributed by atoms with Crippen molar-refractivity contribution < 1.29 is 0 Å². The second-order valence-corrected chi connectivity index (χ2v) is 8.49. The third-order valence-corrected chi connectivity index (χ3v) is 6.12. The highest BCUT2D eigenvalue weighted by Crippen LogP contribution is 2.32. The van der Waals surface area contributed by atoms with E-state index in [0.29, 0.717) is 12.6 Å². The third-order valence-electron chi connectivity index (χ3n) is 6.12. The number of rotatable bonds is 11. The van der Waals surface area contributed by atoms with Crippen LogP contribution in [0.2, 0.25) is 0 Å². The summed E-state index contributed by atoms with van der Waals surface area (Å²) in [6, 6.07) is 6.11. The first kappa shape index (κ1) is 24.3. The Kier molecular flexibility index (Phi) is 8.90. The monoisotopic (exact) mass is 443 g/mol. The van der Waals surface area contributed by atoms with Crippen LogP contribution in [-0.2, 0) is 0 Å². The lowest BCUT2D eigenvalue weighted by molar-refractivity contribution is 0.267. The van der Waals surface area contributed by atoms with E-state index >= 15 is 0 Å². The molecule has 0 bridgehead atoms. The number of hydrogen-bond donors (Lipinski definition) is 3. The molecular weight excluding hydrogens is 406 g/mol. The standard InChI is InChI=1S/C28H37N5/c1-21(22(2)31-20-25-10-6-5-7-11-25)13-14-26-15-16-27(17-18-29)33(23(26)3)24(4)32-28-12-8-9-19-30-28/h6,8-14,19,27,31H,1-2,4-5,7,15-18,20,29H2,3H3,(H,30,32)/b14-13-. The summed E-state index contributed by atoms with van der Waals surface area (Å²) < 4.78 is 0. The minimum Gasteiger partial charge on any atom is -0.381 e. The van der Waals surface area contributed by atoms with Crippen LogP contribution in [-0.4, -0.2) is 29.0 Å². The molecule has 5 nitrogen and oxygen atoms in total. The molecule has 0 radical (unpaired) electrons. The lowest BCUT2D eigenvalue weighted by atomic mass is 9.93. The number of nitrogens with two attached hydrogens (primary N) is 1. The van der Waals surface area contributed by atoms with E-state index in [1.165, 1.54) is 16.8 Å². The lowest BCUT2D eigenvalue weighted by Gasteiger charge is -2.40. The zero-order valence-corrected chi connectivity index (χ0v) is 19.8. The summed E-state index contributed by atoms with van der Waals surface area (Å²) in [6.45, 7) is 16.2. The zero-order chi connectivity index (χ0) is 23.6. The molecule has 1 unspecified atom stereocenters. The molecule has 1 aromatic heterocycles. The number of aromatic nitrogens is 1. The summed E-state index contributed by atoms with van der Waals surface area (Å²) in [7, 11) is 0. The van der Waals surface area contributed by atoms with Crippen molar-refractivity contribution in [2.24, 2.45) is 5.73 Å². The van der Waals surface area contributed by atoms with E-state index < -0.39 is 0 Å². The van der Waals surface area contributed by atoms with Gasteiger partial charge in [0.15, 0.2) is 0 Å². The third kappa shape index (κ3) is 6.83. The molecule has 0 fully saturated rings. The average Bonchev–Trinajstić information content (AvgIpc) is 2.83. The van der Waals surface area contributed by atoms with Gasteiger partial charge in [0.05, 0.1) is 0 Å². The Morgan fingerprint density at radius 1 is 1.27 bits per heavy atom. The normalized spacial score (nSPS) is 18.3. The van der Waals surface area contributed by atoms with Gasteiger partial charge in [0.25, 0.3) is 0 Å². The Labute approximate surface area is 198 Å². The molecule has 1 aromatic rings. The number of allylic oxidation sites excluding steroid dienone is 6. The SMILES string of the molecule is C=C(/C=C\C1=C(C)N(C(=C)Nc2ccccn2)C(CCN)CC1)C(=C)NCC1=CCCC=C1. The van der Waals surface area contributed by atoms with Crippen LogP contribution in [0.3, 0.4) is 0 Å². The second-order valence-electron chi connectivity index (χ2n) is 8.49. The lowest BCUT2D eigenvalue weighted by Crippen LogP contribution is -2.40. The van der Waals surface area contributed by atoms with Crippen LogP contribution in [0.15, 0.2) is 108 Å². The smallest absolute Gasteiger partial charge is 0.131 e. The van der Waals surface area contributed by atoms with Gasteiger partial charge >= 0.3 is 0 Å². The maximum atomic E-state index is 5.91. The fourth-order valence-corrected chi connectivity index (χ4v) is 4.22. The first-order chi connectivity index (χ1) is 16.0. The van der Waals surface area contributed by atoms with Gasteiger partial charge in [-0.2, -0.15) is 0 Å². The van der Waals surface area contributed by atoms with Crippen LogP contribution in [0.5, 0.6) is 0 Å². The number of nitrogens with one attached hydrogen (secondary N) is 2. The van der Waals surface area contributed by atoms with Crippen LogP contribution >= 0.6 is 0 Å². The predicted molar refractivity (Wildman–Crippen MR) is 140 cm³/mol. The highest BCUT2D eigenvalue weighted by Gasteiger charge is 2.27. The molecule has 4 N–H and O–H groups in total. The van der Waals surface area contributed by atoms with E-state index in [0.717, 1.165) is 61.6 Å². The van der Waals surface area contributed by atoms with Gasteiger partial charge in [-0.3, -0.25) is 0 Å². The molecule has 5 heteroatoms. The van der Waals surface area contributed by atoms with Crippen LogP contribution in [0.1, 0.15) is 39.0 Å². The largest absolute Gasteiger partial charge is 0.381 e. The number of nitrogens with zero attached hydrogens (tertiary/aromatic N) is 2. The van der Waals surface area contributed by atoms with Crippen molar-refractivity contribution >= 4 is 5.82 Å². The summed E-state index contributed by atoms with van der Waals surface area (Å²) in [5.41, 5.74) is 11.4. The van der Waals surface area contributed by atoms with Gasteiger partial charge in [0.2, 0.25) is 0 Å². The molecule has 1 atom stereocenters. The predicted octanol–water partition coefficient (Wildman–Crippen LogP) is 5.54. The van der Waals surface area contributed by atoms with Crippen molar-refractivity contribution in [3.63, 3.8) is 0 Å². The summed E-state index contributed by atoms with van der Waals surface area (Å²) in [5, 5.41) is 6.74. The van der Waals surface area contributed by atoms with E-state index in [1.807, 2.05) is 18.2 Å². The Hall–Kier alpha value is -3.31. The van der Waals surface area contributed by atoms with Crippen molar-refractivity contribution in [3.8, 4) is 0 Å². The minimum absolute atomic E-state index is 0.313. The maximum absolute atomic E-state index is 5.91. The van der Waals surface area contributed by atoms with Gasteiger partial charge < -0.3 is 21.3 Å². The molecule has 174 valence electrons. The Morgan fingerprint density at radius 3 is 2.82 bits per heavy atom. The maximum Gasteiger partial charge on any atom is 0.131 e. The number of hydrogen-bond acceptors (Lipinski definition) is 5. The van der Waals surface area contributed by atoms with Crippen LogP contribution < -0.4 is 16.4 Å². The molecule has 0 spiro atoms. The molecule has 33 heavy (non-hydrogen) atoms. The van der Waals surface area contributed by atoms with Crippen molar-refractivity contribution in [2.45, 2.75) is 45.1 Å². The van der Waals surface area contributed by atoms with E-state index in [9.17, 15) is 0 Å². The second kappa shape index (κ2) is 12.1. The average molecular weight is 444 g/mol. The van der Waals surface area contributed by atoms with Crippen molar-refractivity contribution in [1.29, 1.82) is 0 Å². The summed E-state index contributed by atoms with van der Waals surface area (Å²) in [4.78, 5) is 6.64. The topological polar surface area (TPSA) is 66.2 Å². The van der Waals surface area contributed by atoms with E-state index in [1.54, 1.807) is 6.20 Å². The molecule has 2 heterocycles. The van der Waals surface area contributed by atoms with Gasteiger partial charge in [-0.25, -0.2) is 4.98 Å². The quantitative estimate of drug-likeness (QED) is 0.392. The molecule has 1 aliphatic heterocycles. The molecule has 1 aliphatic carbocycles. The van der Waals surface area contributed by atoms with Crippen molar-refractivity contribution in [2.75, 3.05) is 18.4 Å². The van der Waals surface area contributed by atoms with E-state index in [-0.39, 0.29) is 0 Å². The Balaban J connectivity index is 1.68. The van der Waals surface area contributed by atoms with Crippen LogP contribution in [0, 0.1) is 0 Å². The highest BCUT2D eigenvalue weighted by atomic mass is 15.3. The van der Waals surface area contributed by atoms with Crippen LogP contribution in [0.25, 0.3) is 0 Å². The van der Waals surface area contributed by atoms with Gasteiger partial charge in [-0.1, -0.05) is 56.2 Å².